The molecule has 2 heterocycles. The molecule has 1 aliphatic rings. The van der Waals surface area contributed by atoms with Crippen LogP contribution in [-0.4, -0.2) is 36.0 Å². The van der Waals surface area contributed by atoms with Gasteiger partial charge in [-0.25, -0.2) is 8.42 Å². The van der Waals surface area contributed by atoms with Gasteiger partial charge in [0.15, 0.2) is 5.03 Å². The minimum Gasteiger partial charge on any atom is -0.266 e. The van der Waals surface area contributed by atoms with Gasteiger partial charge in [0.1, 0.15) is 0 Å². The quantitative estimate of drug-likeness (QED) is 0.868. The second-order valence-corrected chi connectivity index (χ2v) is 7.57. The smallest absolute Gasteiger partial charge is 0.260 e. The van der Waals surface area contributed by atoms with Crippen LogP contribution in [0.25, 0.3) is 0 Å². The SMILES string of the molecule is CCC1(C)CCN(S(=O)(=O)c2[nH]ncc2CCl)CC1. The van der Waals surface area contributed by atoms with Crippen molar-refractivity contribution in [2.75, 3.05) is 13.1 Å². The number of aromatic amines is 1. The third-order valence-corrected chi connectivity index (χ3v) is 6.41. The van der Waals surface area contributed by atoms with Crippen molar-refractivity contribution in [2.45, 2.75) is 44.0 Å². The van der Waals surface area contributed by atoms with Gasteiger partial charge in [-0.15, -0.1) is 11.6 Å². The molecule has 0 amide bonds. The minimum atomic E-state index is -3.49. The summed E-state index contributed by atoms with van der Waals surface area (Å²) in [4.78, 5) is 0. The first kappa shape index (κ1) is 14.8. The van der Waals surface area contributed by atoms with Crippen LogP contribution in [0.3, 0.4) is 0 Å². The maximum absolute atomic E-state index is 12.5. The molecule has 1 aromatic heterocycles. The van der Waals surface area contributed by atoms with Gasteiger partial charge >= 0.3 is 0 Å². The molecule has 2 rings (SSSR count). The molecule has 5 nitrogen and oxygen atoms in total. The highest BCUT2D eigenvalue weighted by Crippen LogP contribution is 2.35. The number of H-pyrrole nitrogens is 1. The Bertz CT molecular complexity index is 533. The molecule has 0 unspecified atom stereocenters. The van der Waals surface area contributed by atoms with E-state index in [1.165, 1.54) is 10.5 Å². The summed E-state index contributed by atoms with van der Waals surface area (Å²) in [5, 5.41) is 6.49. The number of rotatable bonds is 4. The zero-order valence-electron chi connectivity index (χ0n) is 11.3. The van der Waals surface area contributed by atoms with Crippen molar-refractivity contribution in [3.63, 3.8) is 0 Å². The van der Waals surface area contributed by atoms with Crippen molar-refractivity contribution in [1.29, 1.82) is 0 Å². The van der Waals surface area contributed by atoms with Gasteiger partial charge in [0.2, 0.25) is 0 Å². The molecule has 1 aromatic rings. The number of hydrogen-bond acceptors (Lipinski definition) is 3. The van der Waals surface area contributed by atoms with Crippen molar-refractivity contribution in [3.05, 3.63) is 11.8 Å². The van der Waals surface area contributed by atoms with Gasteiger partial charge in [0.05, 0.1) is 12.1 Å². The molecule has 108 valence electrons. The molecule has 0 atom stereocenters. The Kier molecular flexibility index (Phi) is 4.23. The Morgan fingerprint density at radius 3 is 2.63 bits per heavy atom. The average Bonchev–Trinajstić information content (AvgIpc) is 2.88. The second kappa shape index (κ2) is 5.42. The molecule has 0 aliphatic carbocycles. The molecular weight excluding hydrogens is 286 g/mol. The number of piperidine rings is 1. The van der Waals surface area contributed by atoms with E-state index >= 15 is 0 Å². The lowest BCUT2D eigenvalue weighted by molar-refractivity contribution is 0.168. The molecule has 0 bridgehead atoms. The second-order valence-electron chi connectivity index (χ2n) is 5.43. The van der Waals surface area contributed by atoms with E-state index in [2.05, 4.69) is 24.0 Å². The molecule has 7 heteroatoms. The maximum Gasteiger partial charge on any atom is 0.260 e. The predicted molar refractivity (Wildman–Crippen MR) is 74.5 cm³/mol. The van der Waals surface area contributed by atoms with E-state index in [4.69, 9.17) is 11.6 Å². The first-order chi connectivity index (χ1) is 8.93. The molecule has 1 fully saturated rings. The Morgan fingerprint density at radius 1 is 1.47 bits per heavy atom. The standard InChI is InChI=1S/C12H20ClN3O2S/c1-3-12(2)4-6-16(7-5-12)19(17,18)11-10(8-13)9-14-15-11/h9H,3-8H2,1-2H3,(H,14,15). The van der Waals surface area contributed by atoms with Crippen molar-refractivity contribution < 1.29 is 8.42 Å². The fraction of sp³-hybridized carbons (Fsp3) is 0.750. The highest BCUT2D eigenvalue weighted by atomic mass is 35.5. The summed E-state index contributed by atoms with van der Waals surface area (Å²) in [5.74, 6) is 0.144. The fourth-order valence-electron chi connectivity index (χ4n) is 2.37. The first-order valence-electron chi connectivity index (χ1n) is 6.51. The number of nitrogens with one attached hydrogen (secondary N) is 1. The van der Waals surface area contributed by atoms with Gasteiger partial charge in [-0.1, -0.05) is 20.3 Å². The van der Waals surface area contributed by atoms with E-state index < -0.39 is 10.0 Å². The van der Waals surface area contributed by atoms with E-state index in [0.29, 0.717) is 18.7 Å². The minimum absolute atomic E-state index is 0.141. The number of hydrogen-bond donors (Lipinski definition) is 1. The van der Waals surface area contributed by atoms with Crippen LogP contribution < -0.4 is 0 Å². The van der Waals surface area contributed by atoms with Crippen molar-refractivity contribution in [2.24, 2.45) is 5.41 Å². The molecule has 1 saturated heterocycles. The summed E-state index contributed by atoms with van der Waals surface area (Å²) < 4.78 is 26.6. The lowest BCUT2D eigenvalue weighted by Crippen LogP contribution is -2.42. The number of aromatic nitrogens is 2. The van der Waals surface area contributed by atoms with Crippen LogP contribution in [0.15, 0.2) is 11.2 Å². The fourth-order valence-corrected chi connectivity index (χ4v) is 4.19. The largest absolute Gasteiger partial charge is 0.266 e. The van der Waals surface area contributed by atoms with Crippen LogP contribution in [-0.2, 0) is 15.9 Å². The molecule has 0 radical (unpaired) electrons. The van der Waals surface area contributed by atoms with Gasteiger partial charge in [0, 0.05) is 18.7 Å². The van der Waals surface area contributed by atoms with Gasteiger partial charge in [-0.05, 0) is 18.3 Å². The van der Waals surface area contributed by atoms with Crippen molar-refractivity contribution >= 4 is 21.6 Å². The van der Waals surface area contributed by atoms with Crippen LogP contribution in [0, 0.1) is 5.41 Å². The van der Waals surface area contributed by atoms with Crippen LogP contribution in [0.1, 0.15) is 38.7 Å². The normalized spacial score (nSPS) is 20.6. The molecule has 0 saturated carbocycles. The van der Waals surface area contributed by atoms with Crippen LogP contribution >= 0.6 is 11.6 Å². The lowest BCUT2D eigenvalue weighted by atomic mass is 9.79. The summed E-state index contributed by atoms with van der Waals surface area (Å²) in [5.41, 5.74) is 0.792. The summed E-state index contributed by atoms with van der Waals surface area (Å²) in [6, 6.07) is 0. The summed E-state index contributed by atoms with van der Waals surface area (Å²) in [6.45, 7) is 5.50. The van der Waals surface area contributed by atoms with E-state index in [1.54, 1.807) is 0 Å². The van der Waals surface area contributed by atoms with Crippen molar-refractivity contribution in [3.8, 4) is 0 Å². The van der Waals surface area contributed by atoms with Gasteiger partial charge in [-0.3, -0.25) is 5.10 Å². The Hall–Kier alpha value is -0.590. The highest BCUT2D eigenvalue weighted by Gasteiger charge is 2.35. The number of sulfonamides is 1. The topological polar surface area (TPSA) is 66.1 Å². The molecule has 1 N–H and O–H groups in total. The van der Waals surface area contributed by atoms with Crippen molar-refractivity contribution in [1.82, 2.24) is 14.5 Å². The first-order valence-corrected chi connectivity index (χ1v) is 8.49. The lowest BCUT2D eigenvalue weighted by Gasteiger charge is -2.38. The predicted octanol–water partition coefficient (Wildman–Crippen LogP) is 2.35. The van der Waals surface area contributed by atoms with Gasteiger partial charge in [-0.2, -0.15) is 9.40 Å². The third kappa shape index (κ3) is 2.80. The van der Waals surface area contributed by atoms with Gasteiger partial charge in [0.25, 0.3) is 10.0 Å². The van der Waals surface area contributed by atoms with Crippen LogP contribution in [0.2, 0.25) is 0 Å². The molecular formula is C12H20ClN3O2S. The number of nitrogens with zero attached hydrogens (tertiary/aromatic N) is 2. The highest BCUT2D eigenvalue weighted by molar-refractivity contribution is 7.89. The monoisotopic (exact) mass is 305 g/mol. The summed E-state index contributed by atoms with van der Waals surface area (Å²) in [6.07, 6.45) is 4.35. The Labute approximate surface area is 119 Å². The van der Waals surface area contributed by atoms with Crippen LogP contribution in [0.4, 0.5) is 0 Å². The van der Waals surface area contributed by atoms with E-state index in [-0.39, 0.29) is 16.3 Å². The van der Waals surface area contributed by atoms with Gasteiger partial charge < -0.3 is 0 Å². The zero-order valence-corrected chi connectivity index (χ0v) is 12.9. The maximum atomic E-state index is 12.5. The molecule has 0 spiro atoms. The summed E-state index contributed by atoms with van der Waals surface area (Å²) in [7, 11) is -3.49. The molecule has 19 heavy (non-hydrogen) atoms. The summed E-state index contributed by atoms with van der Waals surface area (Å²) >= 11 is 5.74. The molecule has 0 aromatic carbocycles. The van der Waals surface area contributed by atoms with E-state index in [1.807, 2.05) is 0 Å². The van der Waals surface area contributed by atoms with E-state index in [0.717, 1.165) is 19.3 Å². The number of alkyl halides is 1. The van der Waals surface area contributed by atoms with E-state index in [9.17, 15) is 8.42 Å². The Morgan fingerprint density at radius 2 is 2.11 bits per heavy atom. The molecule has 1 aliphatic heterocycles. The number of halogens is 1. The Balaban J connectivity index is 2.19. The van der Waals surface area contributed by atoms with Crippen LogP contribution in [0.5, 0.6) is 0 Å². The third-order valence-electron chi connectivity index (χ3n) is 4.20. The average molecular weight is 306 g/mol. The zero-order chi connectivity index (χ0) is 14.1.